The third kappa shape index (κ3) is 2.00. The van der Waals surface area contributed by atoms with Crippen molar-refractivity contribution in [1.82, 2.24) is 0 Å². The van der Waals surface area contributed by atoms with Gasteiger partial charge in [-0.15, -0.1) is 0 Å². The minimum absolute atomic E-state index is 0.0496. The molecule has 0 amide bonds. The zero-order chi connectivity index (χ0) is 10.0. The molecule has 1 heterocycles. The van der Waals surface area contributed by atoms with E-state index in [-0.39, 0.29) is 12.0 Å². The van der Waals surface area contributed by atoms with Crippen LogP contribution in [0.2, 0.25) is 0 Å². The highest BCUT2D eigenvalue weighted by Gasteiger charge is 2.40. The lowest BCUT2D eigenvalue weighted by Crippen LogP contribution is -2.59. The molecule has 5 heteroatoms. The van der Waals surface area contributed by atoms with E-state index in [4.69, 9.17) is 20.9 Å². The largest absolute Gasteiger partial charge is 0.391 e. The van der Waals surface area contributed by atoms with Crippen LogP contribution < -0.4 is 11.5 Å². The Morgan fingerprint density at radius 2 is 2.15 bits per heavy atom. The number of hydrogen-bond acceptors (Lipinski definition) is 5. The van der Waals surface area contributed by atoms with Gasteiger partial charge >= 0.3 is 0 Å². The van der Waals surface area contributed by atoms with Crippen LogP contribution in [0.5, 0.6) is 0 Å². The molecule has 0 saturated carbocycles. The second kappa shape index (κ2) is 4.34. The molecule has 5 N–H and O–H groups in total. The molecule has 1 aliphatic rings. The lowest BCUT2D eigenvalue weighted by molar-refractivity contribution is -0.230. The molecule has 0 bridgehead atoms. The molecule has 78 valence electrons. The molecule has 0 aliphatic carbocycles. The van der Waals surface area contributed by atoms with E-state index in [2.05, 4.69) is 0 Å². The van der Waals surface area contributed by atoms with E-state index < -0.39 is 18.4 Å². The zero-order valence-corrected chi connectivity index (χ0v) is 8.01. The fourth-order valence-electron chi connectivity index (χ4n) is 1.60. The molecular weight excluding hydrogens is 172 g/mol. The van der Waals surface area contributed by atoms with Gasteiger partial charge in [-0.3, -0.25) is 0 Å². The van der Waals surface area contributed by atoms with Crippen molar-refractivity contribution >= 4 is 0 Å². The van der Waals surface area contributed by atoms with Crippen LogP contribution in [0.3, 0.4) is 0 Å². The maximum atomic E-state index is 9.71. The Morgan fingerprint density at radius 1 is 1.54 bits per heavy atom. The van der Waals surface area contributed by atoms with Crippen molar-refractivity contribution in [2.45, 2.75) is 31.5 Å². The molecule has 0 aromatic carbocycles. The Bertz CT molecular complexity index is 147. The Kier molecular flexibility index (Phi) is 3.63. The molecule has 5 nitrogen and oxygen atoms in total. The van der Waals surface area contributed by atoms with Crippen LogP contribution in [0, 0.1) is 5.92 Å². The van der Waals surface area contributed by atoms with E-state index in [1.165, 1.54) is 7.11 Å². The van der Waals surface area contributed by atoms with Crippen molar-refractivity contribution in [3.8, 4) is 0 Å². The topological polar surface area (TPSA) is 90.7 Å². The number of rotatable bonds is 2. The Hall–Kier alpha value is -0.200. The molecule has 0 aromatic heterocycles. The molecule has 1 rings (SSSR count). The molecule has 0 aromatic rings. The highest BCUT2D eigenvalue weighted by molar-refractivity contribution is 4.89. The van der Waals surface area contributed by atoms with Gasteiger partial charge < -0.3 is 26.0 Å². The van der Waals surface area contributed by atoms with Gasteiger partial charge in [0.15, 0.2) is 6.29 Å². The van der Waals surface area contributed by atoms with Gasteiger partial charge in [-0.1, -0.05) is 6.92 Å². The Morgan fingerprint density at radius 3 is 2.62 bits per heavy atom. The van der Waals surface area contributed by atoms with Gasteiger partial charge in [0.25, 0.3) is 0 Å². The number of aliphatic hydroxyl groups excluding tert-OH is 1. The van der Waals surface area contributed by atoms with Crippen molar-refractivity contribution in [3.05, 3.63) is 0 Å². The summed E-state index contributed by atoms with van der Waals surface area (Å²) in [4.78, 5) is 0. The van der Waals surface area contributed by atoms with E-state index in [0.29, 0.717) is 6.54 Å². The van der Waals surface area contributed by atoms with Gasteiger partial charge in [0.1, 0.15) is 0 Å². The molecule has 5 unspecified atom stereocenters. The predicted octanol–water partition coefficient (Wildman–Crippen LogP) is -1.36. The van der Waals surface area contributed by atoms with Crippen LogP contribution in [0.15, 0.2) is 0 Å². The minimum Gasteiger partial charge on any atom is -0.391 e. The third-order valence-electron chi connectivity index (χ3n) is 2.61. The van der Waals surface area contributed by atoms with Crippen molar-refractivity contribution < 1.29 is 14.6 Å². The van der Waals surface area contributed by atoms with Crippen LogP contribution in [0.4, 0.5) is 0 Å². The van der Waals surface area contributed by atoms with Gasteiger partial charge in [-0.05, 0) is 0 Å². The maximum Gasteiger partial charge on any atom is 0.175 e. The summed E-state index contributed by atoms with van der Waals surface area (Å²) in [6.07, 6.45) is -1.35. The summed E-state index contributed by atoms with van der Waals surface area (Å²) in [5.74, 6) is -0.0496. The standard InChI is InChI=1S/C8H18N2O3/c1-4-5(3-9)13-8(12-2)6(10)7(4)11/h4-8,11H,3,9-10H2,1-2H3. The second-order valence-electron chi connectivity index (χ2n) is 3.44. The van der Waals surface area contributed by atoms with Crippen LogP contribution in [0.25, 0.3) is 0 Å². The fourth-order valence-corrected chi connectivity index (χ4v) is 1.60. The van der Waals surface area contributed by atoms with Crippen molar-refractivity contribution in [2.24, 2.45) is 17.4 Å². The first-order valence-corrected chi connectivity index (χ1v) is 4.43. The molecule has 1 aliphatic heterocycles. The number of aliphatic hydroxyl groups is 1. The summed E-state index contributed by atoms with van der Waals surface area (Å²) in [7, 11) is 1.50. The number of methoxy groups -OCH3 is 1. The highest BCUT2D eigenvalue weighted by Crippen LogP contribution is 2.24. The van der Waals surface area contributed by atoms with Gasteiger partial charge in [0, 0.05) is 19.6 Å². The number of ether oxygens (including phenoxy) is 2. The summed E-state index contributed by atoms with van der Waals surface area (Å²) >= 11 is 0. The van der Waals surface area contributed by atoms with Crippen LogP contribution in [-0.4, -0.2) is 43.3 Å². The van der Waals surface area contributed by atoms with Crippen molar-refractivity contribution in [1.29, 1.82) is 0 Å². The van der Waals surface area contributed by atoms with E-state index in [9.17, 15) is 5.11 Å². The molecule has 13 heavy (non-hydrogen) atoms. The first kappa shape index (κ1) is 10.9. The van der Waals surface area contributed by atoms with E-state index in [1.54, 1.807) is 0 Å². The van der Waals surface area contributed by atoms with Crippen LogP contribution >= 0.6 is 0 Å². The minimum atomic E-state index is -0.618. The lowest BCUT2D eigenvalue weighted by atomic mass is 9.90. The third-order valence-corrected chi connectivity index (χ3v) is 2.61. The van der Waals surface area contributed by atoms with Crippen LogP contribution in [-0.2, 0) is 9.47 Å². The molecule has 5 atom stereocenters. The lowest BCUT2D eigenvalue weighted by Gasteiger charge is -2.41. The maximum absolute atomic E-state index is 9.71. The molecule has 1 fully saturated rings. The monoisotopic (exact) mass is 190 g/mol. The van der Waals surface area contributed by atoms with Gasteiger partial charge in [0.05, 0.1) is 18.2 Å². The summed E-state index contributed by atoms with van der Waals surface area (Å²) in [5, 5.41) is 9.71. The van der Waals surface area contributed by atoms with E-state index >= 15 is 0 Å². The normalized spacial score (nSPS) is 46.4. The Labute approximate surface area is 78.0 Å². The molecule has 0 radical (unpaired) electrons. The molecule has 0 spiro atoms. The van der Waals surface area contributed by atoms with E-state index in [0.717, 1.165) is 0 Å². The average Bonchev–Trinajstić information content (AvgIpc) is 2.15. The van der Waals surface area contributed by atoms with Gasteiger partial charge in [-0.2, -0.15) is 0 Å². The van der Waals surface area contributed by atoms with E-state index in [1.807, 2.05) is 6.92 Å². The van der Waals surface area contributed by atoms with Gasteiger partial charge in [-0.25, -0.2) is 0 Å². The molecular formula is C8H18N2O3. The SMILES string of the molecule is COC1OC(CN)C(C)C(O)C1N. The first-order chi connectivity index (χ1) is 6.11. The summed E-state index contributed by atoms with van der Waals surface area (Å²) in [5.41, 5.74) is 11.2. The smallest absolute Gasteiger partial charge is 0.175 e. The average molecular weight is 190 g/mol. The second-order valence-corrected chi connectivity index (χ2v) is 3.44. The van der Waals surface area contributed by atoms with Crippen LogP contribution in [0.1, 0.15) is 6.92 Å². The first-order valence-electron chi connectivity index (χ1n) is 4.43. The molecule has 1 saturated heterocycles. The predicted molar refractivity (Wildman–Crippen MR) is 47.9 cm³/mol. The van der Waals surface area contributed by atoms with Crippen molar-refractivity contribution in [3.63, 3.8) is 0 Å². The Balaban J connectivity index is 2.66. The highest BCUT2D eigenvalue weighted by atomic mass is 16.7. The summed E-state index contributed by atoms with van der Waals surface area (Å²) in [6, 6.07) is -0.497. The fraction of sp³-hybridized carbons (Fsp3) is 1.00. The van der Waals surface area contributed by atoms with Gasteiger partial charge in [0.2, 0.25) is 0 Å². The number of hydrogen-bond donors (Lipinski definition) is 3. The van der Waals surface area contributed by atoms with Crippen molar-refractivity contribution in [2.75, 3.05) is 13.7 Å². The summed E-state index contributed by atoms with van der Waals surface area (Å²) in [6.45, 7) is 2.23. The quantitative estimate of drug-likeness (QED) is 0.500. The number of nitrogens with two attached hydrogens (primary N) is 2. The zero-order valence-electron chi connectivity index (χ0n) is 8.01. The summed E-state index contributed by atoms with van der Waals surface area (Å²) < 4.78 is 10.4.